The lowest BCUT2D eigenvalue weighted by Crippen LogP contribution is -2.28. The van der Waals surface area contributed by atoms with Crippen LogP contribution in [-0.4, -0.2) is 28.8 Å². The predicted octanol–water partition coefficient (Wildman–Crippen LogP) is 5.45. The Labute approximate surface area is 192 Å². The van der Waals surface area contributed by atoms with Crippen LogP contribution in [0.3, 0.4) is 0 Å². The van der Waals surface area contributed by atoms with E-state index >= 15 is 0 Å². The van der Waals surface area contributed by atoms with Crippen molar-refractivity contribution in [3.05, 3.63) is 91.6 Å². The first-order valence-corrected chi connectivity index (χ1v) is 11.3. The van der Waals surface area contributed by atoms with Crippen LogP contribution in [0.1, 0.15) is 27.6 Å². The quantitative estimate of drug-likeness (QED) is 0.289. The number of aryl methyl sites for hydroxylation is 1. The monoisotopic (exact) mass is 497 g/mol. The Morgan fingerprint density at radius 3 is 2.52 bits per heavy atom. The molecule has 1 N–H and O–H groups in total. The molecule has 1 aromatic heterocycles. The number of aliphatic hydroxyl groups excluding tert-OH is 1. The Bertz CT molecular complexity index is 1170. The van der Waals surface area contributed by atoms with E-state index in [1.807, 2.05) is 54.8 Å². The maximum absolute atomic E-state index is 13.0. The summed E-state index contributed by atoms with van der Waals surface area (Å²) in [5.41, 5.74) is 2.40. The molecule has 1 aliphatic rings. The summed E-state index contributed by atoms with van der Waals surface area (Å²) < 4.78 is 6.10. The number of carbonyl (C=O) groups is 2. The summed E-state index contributed by atoms with van der Waals surface area (Å²) in [6.45, 7) is 2.15. The van der Waals surface area contributed by atoms with Crippen LogP contribution in [0.4, 0.5) is 0 Å². The summed E-state index contributed by atoms with van der Waals surface area (Å²) >= 11 is 4.90. The number of nitrogens with zero attached hydrogens (tertiary/aromatic N) is 1. The summed E-state index contributed by atoms with van der Waals surface area (Å²) in [4.78, 5) is 28.4. The number of rotatable bonds is 5. The van der Waals surface area contributed by atoms with Gasteiger partial charge in [0.25, 0.3) is 11.7 Å². The Kier molecular flexibility index (Phi) is 5.98. The Hall–Kier alpha value is -2.90. The molecule has 158 valence electrons. The smallest absolute Gasteiger partial charge is 0.295 e. The molecule has 4 rings (SSSR count). The average Bonchev–Trinajstić information content (AvgIpc) is 3.38. The molecule has 0 spiro atoms. The van der Waals surface area contributed by atoms with E-state index < -0.39 is 17.7 Å². The maximum atomic E-state index is 13.0. The van der Waals surface area contributed by atoms with E-state index in [2.05, 4.69) is 15.9 Å². The average molecular weight is 498 g/mol. The van der Waals surface area contributed by atoms with E-state index in [1.54, 1.807) is 19.2 Å². The van der Waals surface area contributed by atoms with Crippen LogP contribution in [0.5, 0.6) is 5.75 Å². The van der Waals surface area contributed by atoms with Gasteiger partial charge in [-0.1, -0.05) is 40.2 Å². The van der Waals surface area contributed by atoms with Gasteiger partial charge in [0.1, 0.15) is 11.5 Å². The molecule has 0 aliphatic carbocycles. The molecule has 7 heteroatoms. The van der Waals surface area contributed by atoms with E-state index in [0.29, 0.717) is 11.3 Å². The number of hydrogen-bond acceptors (Lipinski definition) is 5. The molecule has 1 unspecified atom stereocenters. The van der Waals surface area contributed by atoms with Gasteiger partial charge in [-0.3, -0.25) is 9.59 Å². The van der Waals surface area contributed by atoms with E-state index in [0.717, 1.165) is 20.5 Å². The Balaban J connectivity index is 1.80. The number of aliphatic hydroxyl groups is 1. The normalized spacial score (nSPS) is 17.9. The topological polar surface area (TPSA) is 66.8 Å². The fourth-order valence-electron chi connectivity index (χ4n) is 3.66. The molecule has 1 amide bonds. The molecule has 1 fully saturated rings. The lowest BCUT2D eigenvalue weighted by Gasteiger charge is -2.24. The van der Waals surface area contributed by atoms with Gasteiger partial charge in [0.05, 0.1) is 18.7 Å². The van der Waals surface area contributed by atoms with Crippen molar-refractivity contribution in [2.24, 2.45) is 0 Å². The molecule has 1 saturated heterocycles. The molecule has 2 aromatic carbocycles. The number of Topliss-reactive ketones (excluding diaryl/α,β-unsaturated/α-hetero) is 1. The zero-order chi connectivity index (χ0) is 22.1. The molecular formula is C24H20BrNO4S. The van der Waals surface area contributed by atoms with Gasteiger partial charge < -0.3 is 14.7 Å². The summed E-state index contributed by atoms with van der Waals surface area (Å²) in [5.74, 6) is -0.745. The number of halogens is 1. The van der Waals surface area contributed by atoms with Crippen LogP contribution in [0.25, 0.3) is 5.76 Å². The van der Waals surface area contributed by atoms with Crippen molar-refractivity contribution in [1.29, 1.82) is 0 Å². The van der Waals surface area contributed by atoms with Crippen LogP contribution in [0, 0.1) is 6.92 Å². The van der Waals surface area contributed by atoms with Gasteiger partial charge in [0.15, 0.2) is 0 Å². The van der Waals surface area contributed by atoms with E-state index in [4.69, 9.17) is 4.74 Å². The van der Waals surface area contributed by atoms with Crippen molar-refractivity contribution in [3.8, 4) is 5.75 Å². The number of hydrogen-bond donors (Lipinski definition) is 1. The second kappa shape index (κ2) is 8.69. The SMILES string of the molecule is COc1ccc(CN2C(=O)C(=O)/C(=C(\O)c3ccc(Br)c(C)c3)C2c2cccs2)cc1. The number of ether oxygens (including phenoxy) is 1. The molecule has 0 radical (unpaired) electrons. The Morgan fingerprint density at radius 2 is 1.90 bits per heavy atom. The van der Waals surface area contributed by atoms with Crippen molar-refractivity contribution in [2.45, 2.75) is 19.5 Å². The van der Waals surface area contributed by atoms with Gasteiger partial charge >= 0.3 is 0 Å². The van der Waals surface area contributed by atoms with Crippen LogP contribution >= 0.6 is 27.3 Å². The number of benzene rings is 2. The summed E-state index contributed by atoms with van der Waals surface area (Å²) in [5, 5.41) is 13.0. The van der Waals surface area contributed by atoms with Gasteiger partial charge in [-0.05, 0) is 53.8 Å². The van der Waals surface area contributed by atoms with Crippen molar-refractivity contribution < 1.29 is 19.4 Å². The molecule has 2 heterocycles. The van der Waals surface area contributed by atoms with E-state index in [1.165, 1.54) is 16.2 Å². The minimum atomic E-state index is -0.676. The lowest BCUT2D eigenvalue weighted by molar-refractivity contribution is -0.140. The summed E-state index contributed by atoms with van der Waals surface area (Å²) in [6, 6.07) is 15.8. The first-order chi connectivity index (χ1) is 14.9. The fraction of sp³-hybridized carbons (Fsp3) is 0.167. The van der Waals surface area contributed by atoms with Crippen molar-refractivity contribution >= 4 is 44.7 Å². The highest BCUT2D eigenvalue weighted by molar-refractivity contribution is 9.10. The van der Waals surface area contributed by atoms with Crippen molar-refractivity contribution in [1.82, 2.24) is 4.90 Å². The molecular weight excluding hydrogens is 478 g/mol. The third-order valence-electron chi connectivity index (χ3n) is 5.30. The third-order valence-corrected chi connectivity index (χ3v) is 7.11. The van der Waals surface area contributed by atoms with Crippen LogP contribution < -0.4 is 4.74 Å². The molecule has 1 atom stereocenters. The number of thiophene rings is 1. The molecule has 1 aliphatic heterocycles. The predicted molar refractivity (Wildman–Crippen MR) is 124 cm³/mol. The summed E-state index contributed by atoms with van der Waals surface area (Å²) in [6.07, 6.45) is 0. The zero-order valence-electron chi connectivity index (χ0n) is 17.0. The zero-order valence-corrected chi connectivity index (χ0v) is 19.4. The standard InChI is InChI=1S/C24H20BrNO4S/c1-14-12-16(7-10-18(14)25)22(27)20-21(19-4-3-11-31-19)26(24(29)23(20)28)13-15-5-8-17(30-2)9-6-15/h3-12,21,27H,13H2,1-2H3/b22-20-. The highest BCUT2D eigenvalue weighted by Crippen LogP contribution is 2.42. The van der Waals surface area contributed by atoms with Crippen molar-refractivity contribution in [3.63, 3.8) is 0 Å². The first-order valence-electron chi connectivity index (χ1n) is 9.62. The second-order valence-electron chi connectivity index (χ2n) is 7.25. The van der Waals surface area contributed by atoms with Gasteiger partial charge in [-0.15, -0.1) is 11.3 Å². The van der Waals surface area contributed by atoms with E-state index in [-0.39, 0.29) is 17.9 Å². The molecule has 0 bridgehead atoms. The van der Waals surface area contributed by atoms with Gasteiger partial charge in [-0.2, -0.15) is 0 Å². The highest BCUT2D eigenvalue weighted by Gasteiger charge is 2.46. The molecule has 0 saturated carbocycles. The number of ketones is 1. The van der Waals surface area contributed by atoms with E-state index in [9.17, 15) is 14.7 Å². The fourth-order valence-corrected chi connectivity index (χ4v) is 4.75. The minimum Gasteiger partial charge on any atom is -0.507 e. The summed E-state index contributed by atoms with van der Waals surface area (Å²) in [7, 11) is 1.59. The number of carbonyl (C=O) groups excluding carboxylic acids is 2. The number of likely N-dealkylation sites (tertiary alicyclic amines) is 1. The van der Waals surface area contributed by atoms with Crippen molar-refractivity contribution in [2.75, 3.05) is 7.11 Å². The molecule has 31 heavy (non-hydrogen) atoms. The van der Waals surface area contributed by atoms with Crippen LogP contribution in [-0.2, 0) is 16.1 Å². The van der Waals surface area contributed by atoms with Gasteiger partial charge in [0.2, 0.25) is 0 Å². The number of amides is 1. The molecule has 5 nitrogen and oxygen atoms in total. The number of methoxy groups -OCH3 is 1. The highest BCUT2D eigenvalue weighted by atomic mass is 79.9. The lowest BCUT2D eigenvalue weighted by atomic mass is 9.99. The first kappa shape index (κ1) is 21.3. The molecule has 3 aromatic rings. The van der Waals surface area contributed by atoms with Gasteiger partial charge in [-0.25, -0.2) is 0 Å². The van der Waals surface area contributed by atoms with Crippen LogP contribution in [0.15, 0.2) is 70.0 Å². The Morgan fingerprint density at radius 1 is 1.16 bits per heavy atom. The third kappa shape index (κ3) is 4.03. The van der Waals surface area contributed by atoms with Gasteiger partial charge in [0, 0.05) is 21.5 Å². The largest absolute Gasteiger partial charge is 0.507 e. The minimum absolute atomic E-state index is 0.114. The second-order valence-corrected chi connectivity index (χ2v) is 9.09. The van der Waals surface area contributed by atoms with Crippen LogP contribution in [0.2, 0.25) is 0 Å². The maximum Gasteiger partial charge on any atom is 0.295 e.